The zero-order valence-electron chi connectivity index (χ0n) is 78.0. The van der Waals surface area contributed by atoms with Crippen LogP contribution in [0.2, 0.25) is 0 Å². The number of nitrogens with one attached hydrogen (secondary N) is 5. The van der Waals surface area contributed by atoms with E-state index in [0.29, 0.717) is 106 Å². The largest absolute Gasteiger partial charge is 0.508 e. The predicted octanol–water partition coefficient (Wildman–Crippen LogP) is 16.9. The minimum atomic E-state index is -4.29. The predicted molar refractivity (Wildman–Crippen MR) is 520 cm³/mol. The molecule has 16 aromatic rings. The van der Waals surface area contributed by atoms with Gasteiger partial charge < -0.3 is 79.9 Å². The van der Waals surface area contributed by atoms with Crippen molar-refractivity contribution >= 4 is 89.6 Å². The van der Waals surface area contributed by atoms with Gasteiger partial charge in [-0.15, -0.1) is 0 Å². The summed E-state index contributed by atoms with van der Waals surface area (Å²) in [5, 5.41) is 50.6. The fourth-order valence-electron chi connectivity index (χ4n) is 15.0. The van der Waals surface area contributed by atoms with Gasteiger partial charge in [-0.2, -0.15) is 46.7 Å². The van der Waals surface area contributed by atoms with Crippen LogP contribution in [0.1, 0.15) is 40.5 Å². The molecule has 0 bridgehead atoms. The van der Waals surface area contributed by atoms with Gasteiger partial charge in [0, 0.05) is 237 Å². The van der Waals surface area contributed by atoms with Crippen LogP contribution in [-0.2, 0) is 14.1 Å². The summed E-state index contributed by atoms with van der Waals surface area (Å²) in [6.45, 7) is 12.2. The number of phenols is 2. The molecular weight excluding hydrogens is 1770 g/mol. The number of nitrogens with two attached hydrogens (primary N) is 1. The monoisotopic (exact) mass is 1880 g/mol. The summed E-state index contributed by atoms with van der Waals surface area (Å²) >= 11 is 0. The highest BCUT2D eigenvalue weighted by Crippen LogP contribution is 2.40. The van der Waals surface area contributed by atoms with Gasteiger partial charge in [0.25, 0.3) is 0 Å². The fraction of sp³-hybridized carbons (Fsp3) is 0.306. The number of hydrogen-bond acceptors (Lipinski definition) is 29. The average Bonchev–Trinajstić information content (AvgIpc) is 1.70. The van der Waals surface area contributed by atoms with Crippen molar-refractivity contribution in [2.45, 2.75) is 65.0 Å². The lowest BCUT2D eigenvalue weighted by molar-refractivity contribution is -0.125. The van der Waals surface area contributed by atoms with E-state index in [2.05, 4.69) is 126 Å². The van der Waals surface area contributed by atoms with Gasteiger partial charge in [-0.3, -0.25) is 44.4 Å². The number of benzene rings is 8. The van der Waals surface area contributed by atoms with Crippen LogP contribution in [0.5, 0.6) is 46.0 Å². The topological polar surface area (TPSA) is 370 Å². The van der Waals surface area contributed by atoms with Gasteiger partial charge in [-0.05, 0) is 119 Å². The van der Waals surface area contributed by atoms with E-state index in [9.17, 15) is 36.6 Å². The van der Waals surface area contributed by atoms with E-state index in [1.165, 1.54) is 13.2 Å². The van der Waals surface area contributed by atoms with Gasteiger partial charge in [0.05, 0.1) is 172 Å². The molecule has 8 aromatic heterocycles. The number of halogens is 6. The molecule has 0 saturated heterocycles. The van der Waals surface area contributed by atoms with Crippen molar-refractivity contribution < 1.29 is 65.0 Å². The highest BCUT2D eigenvalue weighted by Gasteiger charge is 2.29. The number of H-pyrrole nitrogens is 2. The quantitative estimate of drug-likeness (QED) is 0.0132. The summed E-state index contributed by atoms with van der Waals surface area (Å²) in [5.41, 5.74) is 24.6. The Kier molecular flexibility index (Phi) is 33.9. The first-order valence-electron chi connectivity index (χ1n) is 44.1. The van der Waals surface area contributed by atoms with Crippen molar-refractivity contribution in [1.82, 2.24) is 101 Å². The number of hydrogen-bond donors (Lipinski definition) is 8. The van der Waals surface area contributed by atoms with Crippen LogP contribution >= 0.6 is 0 Å². The van der Waals surface area contributed by atoms with Gasteiger partial charge in [0.15, 0.2) is 0 Å². The molecule has 16 rings (SSSR count). The number of aryl methyl sites for hydroxylation is 2. The number of fused-ring (bicyclic) bond motifs is 4. The number of nitrogens with zero attached hydrogens (tertiary/aromatic N) is 19. The third-order valence-electron chi connectivity index (χ3n) is 21.9. The summed E-state index contributed by atoms with van der Waals surface area (Å²) in [4.78, 5) is 47.9. The van der Waals surface area contributed by atoms with E-state index in [1.807, 2.05) is 121 Å². The van der Waals surface area contributed by atoms with Crippen LogP contribution in [0.15, 0.2) is 220 Å². The second-order valence-electron chi connectivity index (χ2n) is 32.3. The number of methoxy groups -OCH3 is 6. The maximum atomic E-state index is 12.6. The third-order valence-corrected chi connectivity index (χ3v) is 21.9. The molecule has 0 atom stereocenters. The Morgan fingerprint density at radius 3 is 1.04 bits per heavy atom. The summed E-state index contributed by atoms with van der Waals surface area (Å²) < 4.78 is 111. The second-order valence-corrected chi connectivity index (χ2v) is 32.3. The van der Waals surface area contributed by atoms with Gasteiger partial charge in [-0.25, -0.2) is 19.9 Å². The van der Waals surface area contributed by atoms with Crippen LogP contribution < -0.4 is 69.7 Å². The molecule has 0 radical (unpaired) electrons. The standard InChI is InChI=1S/C28H37N7O2.C24H25F3N6O2.C23H23F3N6O2.C23H26N6O2/c1-20(2)34(10-6-9-29)11-12-35(23-13-24(36-4)16-25(14-23)37-5)22-7-8-26-27(15-22)32-28(18-30-26)21-17-31-33(3)19-21;1-32-14-16(12-30-32)23-13-29-21-5-4-17(10-22(21)31-23)33(7-6-28-15-24(25,26)27)18-8-19(34-2)11-20(9-18)35-3;1-34-19-8-17(7-18(33)10-19)32(6-2-5-27-14-23(24,25)26)16-3-4-20-21(9-16)31-22(13-28-20)15-11-29-30-12-15;1-15(2)24-6-7-29(18-8-19(30)11-20(9-18)31-3)17-4-5-21-22(10-17)28-23(14-25-21)16-12-26-27-13-16/h7-8,13-20H,6,9-12,29H2,1-5H3;4-5,8-14,28H,6-7,15H2,1-3H3;3-4,7-13,27,33H,2,5-6,14H2,1H3,(H,29,30);4-5,8-15,24,30H,6-7H2,1-3H3,(H,26,27). The molecule has 718 valence electrons. The first-order chi connectivity index (χ1) is 66.0. The van der Waals surface area contributed by atoms with Crippen molar-refractivity contribution in [2.75, 3.05) is 141 Å². The minimum Gasteiger partial charge on any atom is -0.508 e. The molecule has 8 heterocycles. The van der Waals surface area contributed by atoms with Crippen LogP contribution in [-0.4, -0.2) is 241 Å². The van der Waals surface area contributed by atoms with Gasteiger partial charge in [-0.1, -0.05) is 13.8 Å². The van der Waals surface area contributed by atoms with Crippen LogP contribution in [0.4, 0.5) is 71.8 Å². The first-order valence-corrected chi connectivity index (χ1v) is 44.1. The second kappa shape index (κ2) is 46.7. The minimum absolute atomic E-state index is 0.0115. The molecule has 0 aliphatic heterocycles. The van der Waals surface area contributed by atoms with E-state index in [-0.39, 0.29) is 31.1 Å². The molecule has 0 aliphatic carbocycles. The molecule has 0 amide bonds. The Hall–Kier alpha value is -15.1. The van der Waals surface area contributed by atoms with E-state index in [4.69, 9.17) is 49.1 Å². The molecule has 0 aliphatic rings. The Bertz CT molecular complexity index is 6570. The van der Waals surface area contributed by atoms with E-state index in [1.54, 1.807) is 149 Å². The molecule has 0 spiro atoms. The number of alkyl halides is 6. The molecule has 0 unspecified atom stereocenters. The molecule has 9 N–H and O–H groups in total. The molecule has 8 aromatic carbocycles. The first kappa shape index (κ1) is 99.4. The number of ether oxygens (including phenoxy) is 6. The lowest BCUT2D eigenvalue weighted by Gasteiger charge is -2.32. The highest BCUT2D eigenvalue weighted by molar-refractivity contribution is 5.87. The SMILES string of the molecule is COc1cc(O)cc(N(CCCNCC(F)(F)F)c2ccc3ncc(-c4cn[nH]c4)nc3c2)c1.COc1cc(O)cc(N(CCNC(C)C)c2ccc3ncc(-c4cn[nH]c4)nc3c2)c1.COc1cc(OC)cc(N(CCN(CCCN)C(C)C)c2ccc3ncc(-c4cnn(C)c4)nc3c2)c1.COc1cc(OC)cc(N(CCNCC(F)(F)F)c2ccc3ncc(-c4cnn(C)c4)nc3c2)c1. The molecule has 0 saturated carbocycles. The van der Waals surface area contributed by atoms with E-state index < -0.39 is 25.4 Å². The Labute approximate surface area is 788 Å². The number of aromatic hydroxyl groups is 2. The maximum absolute atomic E-state index is 12.6. The van der Waals surface area contributed by atoms with Crippen molar-refractivity contribution in [2.24, 2.45) is 19.8 Å². The molecule has 137 heavy (non-hydrogen) atoms. The zero-order valence-corrected chi connectivity index (χ0v) is 78.0. The lowest BCUT2D eigenvalue weighted by Crippen LogP contribution is -2.38. The van der Waals surface area contributed by atoms with Crippen LogP contribution in [0, 0.1) is 0 Å². The third kappa shape index (κ3) is 27.6. The Balaban J connectivity index is 0.000000155. The van der Waals surface area contributed by atoms with Gasteiger partial charge in [0.1, 0.15) is 46.0 Å². The Morgan fingerprint density at radius 2 is 0.715 bits per heavy atom. The van der Waals surface area contributed by atoms with Gasteiger partial charge in [0.2, 0.25) is 0 Å². The number of aromatic nitrogens is 16. The van der Waals surface area contributed by atoms with Gasteiger partial charge >= 0.3 is 12.4 Å². The highest BCUT2D eigenvalue weighted by atomic mass is 19.4. The molecule has 39 heteroatoms. The zero-order chi connectivity index (χ0) is 97.3. The van der Waals surface area contributed by atoms with Crippen molar-refractivity contribution in [3.63, 3.8) is 0 Å². The van der Waals surface area contributed by atoms with Crippen molar-refractivity contribution in [3.05, 3.63) is 220 Å². The normalized spacial score (nSPS) is 11.5. The van der Waals surface area contributed by atoms with Crippen LogP contribution in [0.25, 0.3) is 89.2 Å². The lowest BCUT2D eigenvalue weighted by atomic mass is 10.1. The molecular formula is C98H111F6N25O8. The smallest absolute Gasteiger partial charge is 0.401 e. The summed E-state index contributed by atoms with van der Waals surface area (Å²) in [6, 6.07) is 45.4. The molecule has 33 nitrogen and oxygen atoms in total. The summed E-state index contributed by atoms with van der Waals surface area (Å²) in [6.07, 6.45) is 13.9. The number of anilines is 8. The Morgan fingerprint density at radius 1 is 0.372 bits per heavy atom. The van der Waals surface area contributed by atoms with Crippen LogP contribution in [0.3, 0.4) is 0 Å². The maximum Gasteiger partial charge on any atom is 0.401 e. The average molecular weight is 1880 g/mol. The van der Waals surface area contributed by atoms with E-state index >= 15 is 0 Å². The molecule has 0 fully saturated rings. The number of phenolic OH excluding ortho intramolecular Hbond substituents is 2. The summed E-state index contributed by atoms with van der Waals surface area (Å²) in [5.74, 6) is 3.82. The van der Waals surface area contributed by atoms with E-state index in [0.717, 1.165) is 134 Å². The summed E-state index contributed by atoms with van der Waals surface area (Å²) in [7, 11) is 13.2. The van der Waals surface area contributed by atoms with Crippen molar-refractivity contribution in [3.8, 4) is 91.0 Å². The number of aromatic amines is 2. The number of rotatable bonds is 38. The fourth-order valence-corrected chi connectivity index (χ4v) is 15.0. The van der Waals surface area contributed by atoms with Crippen molar-refractivity contribution in [1.29, 1.82) is 0 Å².